The van der Waals surface area contributed by atoms with E-state index >= 15 is 0 Å². The minimum Gasteiger partial charge on any atom is -1.00 e. The Morgan fingerprint density at radius 3 is 1.25 bits per heavy atom. The molecule has 0 aromatic heterocycles. The first-order valence-electron chi connectivity index (χ1n) is 2.78. The van der Waals surface area contributed by atoms with E-state index in [0.29, 0.717) is 12.2 Å². The quantitative estimate of drug-likeness (QED) is 0.520. The predicted octanol–water partition coefficient (Wildman–Crippen LogP) is 1.78. The van der Waals surface area contributed by atoms with Crippen LogP contribution in [0.4, 0.5) is 0 Å². The van der Waals surface area contributed by atoms with E-state index < -0.39 is 0 Å². The van der Waals surface area contributed by atoms with Crippen molar-refractivity contribution in [3.05, 3.63) is 0 Å². The summed E-state index contributed by atoms with van der Waals surface area (Å²) in [6.45, 7) is 8.17. The molecule has 0 radical (unpaired) electrons. The summed E-state index contributed by atoms with van der Waals surface area (Å²) < 4.78 is 5.25. The first-order valence-corrected chi connectivity index (χ1v) is 2.78. The van der Waals surface area contributed by atoms with E-state index in [1.54, 1.807) is 0 Å². The van der Waals surface area contributed by atoms with Crippen LogP contribution in [0, 0.1) is 0 Å². The van der Waals surface area contributed by atoms with Gasteiger partial charge in [0.25, 0.3) is 0 Å². The smallest absolute Gasteiger partial charge is 1.00 e. The largest absolute Gasteiger partial charge is 3.00 e. The molecule has 0 fully saturated rings. The maximum absolute atomic E-state index is 5.25. The summed E-state index contributed by atoms with van der Waals surface area (Å²) in [5.41, 5.74) is 0. The molecule has 0 aliphatic rings. The van der Waals surface area contributed by atoms with Crippen LogP contribution < -0.4 is 0 Å². The summed E-state index contributed by atoms with van der Waals surface area (Å²) in [4.78, 5) is 0. The normalized spacial score (nSPS) is 9.75. The Morgan fingerprint density at radius 1 is 1.00 bits per heavy atom. The van der Waals surface area contributed by atoms with Crippen LogP contribution in [0.1, 0.15) is 32.0 Å². The SMILES string of the molecule is CC(C)OC(C)C.[Al+3].[H-].[H-].[H-]. The Kier molecular flexibility index (Phi) is 7.95. The predicted molar refractivity (Wildman–Crippen MR) is 40.4 cm³/mol. The molecule has 0 N–H and O–H groups in total. The molecule has 0 aliphatic carbocycles. The molecular formula is C6H17AlO. The van der Waals surface area contributed by atoms with Gasteiger partial charge in [-0.15, -0.1) is 0 Å². The molecule has 1 nitrogen and oxygen atoms in total. The molecule has 50 valence electrons. The Bertz CT molecular complexity index is 47.1. The Morgan fingerprint density at radius 2 is 1.25 bits per heavy atom. The van der Waals surface area contributed by atoms with Crippen molar-refractivity contribution >= 4 is 17.4 Å². The second kappa shape index (κ2) is 5.63. The van der Waals surface area contributed by atoms with E-state index in [1.807, 2.05) is 27.7 Å². The van der Waals surface area contributed by atoms with E-state index in [4.69, 9.17) is 4.74 Å². The summed E-state index contributed by atoms with van der Waals surface area (Å²) in [7, 11) is 0. The molecule has 0 spiro atoms. The van der Waals surface area contributed by atoms with Crippen molar-refractivity contribution in [2.75, 3.05) is 0 Å². The van der Waals surface area contributed by atoms with E-state index in [-0.39, 0.29) is 21.6 Å². The van der Waals surface area contributed by atoms with Gasteiger partial charge in [-0.3, -0.25) is 0 Å². The van der Waals surface area contributed by atoms with E-state index in [2.05, 4.69) is 0 Å². The van der Waals surface area contributed by atoms with Crippen LogP contribution in [-0.2, 0) is 4.74 Å². The van der Waals surface area contributed by atoms with Crippen LogP contribution in [0.2, 0.25) is 0 Å². The fraction of sp³-hybridized carbons (Fsp3) is 1.00. The van der Waals surface area contributed by atoms with Crippen molar-refractivity contribution < 1.29 is 9.02 Å². The Hall–Kier alpha value is 0.492. The van der Waals surface area contributed by atoms with Crippen LogP contribution >= 0.6 is 0 Å². The van der Waals surface area contributed by atoms with Gasteiger partial charge in [0, 0.05) is 0 Å². The minimum absolute atomic E-state index is 0. The van der Waals surface area contributed by atoms with Crippen molar-refractivity contribution in [2.24, 2.45) is 0 Å². The number of rotatable bonds is 2. The summed E-state index contributed by atoms with van der Waals surface area (Å²) in [6, 6.07) is 0. The van der Waals surface area contributed by atoms with Crippen molar-refractivity contribution in [2.45, 2.75) is 39.9 Å². The summed E-state index contributed by atoms with van der Waals surface area (Å²) in [6.07, 6.45) is 0.750. The fourth-order valence-corrected chi connectivity index (χ4v) is 0.544. The topological polar surface area (TPSA) is 9.23 Å². The third-order valence-electron chi connectivity index (χ3n) is 0.544. The van der Waals surface area contributed by atoms with Crippen LogP contribution in [0.3, 0.4) is 0 Å². The van der Waals surface area contributed by atoms with Gasteiger partial charge in [-0.2, -0.15) is 0 Å². The average molecular weight is 132 g/mol. The molecule has 0 aliphatic heterocycles. The minimum atomic E-state index is 0. The van der Waals surface area contributed by atoms with E-state index in [1.165, 1.54) is 0 Å². The molecular weight excluding hydrogens is 115 g/mol. The van der Waals surface area contributed by atoms with Crippen molar-refractivity contribution in [1.82, 2.24) is 0 Å². The van der Waals surface area contributed by atoms with Crippen molar-refractivity contribution in [3.8, 4) is 0 Å². The molecule has 0 saturated heterocycles. The third-order valence-corrected chi connectivity index (χ3v) is 0.544. The first-order chi connectivity index (χ1) is 3.13. The Balaban J connectivity index is -0.0000000300. The van der Waals surface area contributed by atoms with Gasteiger partial charge in [0.05, 0.1) is 12.2 Å². The molecule has 0 unspecified atom stereocenters. The van der Waals surface area contributed by atoms with Crippen LogP contribution in [-0.4, -0.2) is 29.6 Å². The van der Waals surface area contributed by atoms with Crippen LogP contribution in [0.5, 0.6) is 0 Å². The van der Waals surface area contributed by atoms with Gasteiger partial charge in [-0.05, 0) is 27.7 Å². The number of hydrogen-bond donors (Lipinski definition) is 0. The number of hydrogen-bond acceptors (Lipinski definition) is 1. The van der Waals surface area contributed by atoms with Gasteiger partial charge >= 0.3 is 17.4 Å². The maximum atomic E-state index is 5.25. The summed E-state index contributed by atoms with van der Waals surface area (Å²) in [5, 5.41) is 0. The molecule has 0 rings (SSSR count). The molecule has 2 heteroatoms. The van der Waals surface area contributed by atoms with Gasteiger partial charge in [0.1, 0.15) is 0 Å². The standard InChI is InChI=1S/C6H14O.Al.3H/c1-5(2)7-6(3)4;;;;/h5-6H,1-4H3;;;;/q;+3;3*-1. The van der Waals surface area contributed by atoms with Crippen molar-refractivity contribution in [1.29, 1.82) is 0 Å². The zero-order valence-electron chi connectivity index (χ0n) is 9.14. The zero-order chi connectivity index (χ0) is 5.86. The van der Waals surface area contributed by atoms with Gasteiger partial charge in [-0.25, -0.2) is 0 Å². The second-order valence-corrected chi connectivity index (χ2v) is 2.23. The van der Waals surface area contributed by atoms with Crippen LogP contribution in [0.15, 0.2) is 0 Å². The molecule has 0 aromatic carbocycles. The molecule has 0 aromatic rings. The average Bonchev–Trinajstić information content (AvgIpc) is 1.27. The monoisotopic (exact) mass is 132 g/mol. The second-order valence-electron chi connectivity index (χ2n) is 2.23. The van der Waals surface area contributed by atoms with E-state index in [9.17, 15) is 0 Å². The summed E-state index contributed by atoms with van der Waals surface area (Å²) >= 11 is 0. The summed E-state index contributed by atoms with van der Waals surface area (Å²) in [5.74, 6) is 0. The van der Waals surface area contributed by atoms with E-state index in [0.717, 1.165) is 0 Å². The Labute approximate surface area is 67.0 Å². The molecule has 0 atom stereocenters. The van der Waals surface area contributed by atoms with Gasteiger partial charge in [-0.1, -0.05) is 0 Å². The van der Waals surface area contributed by atoms with Crippen molar-refractivity contribution in [3.63, 3.8) is 0 Å². The first kappa shape index (κ1) is 11.3. The molecule has 0 amide bonds. The molecule has 0 saturated carbocycles. The zero-order valence-corrected chi connectivity index (χ0v) is 7.29. The molecule has 0 heterocycles. The van der Waals surface area contributed by atoms with Gasteiger partial charge < -0.3 is 9.02 Å². The fourth-order valence-electron chi connectivity index (χ4n) is 0.544. The number of ether oxygens (including phenoxy) is 1. The van der Waals surface area contributed by atoms with Gasteiger partial charge in [0.15, 0.2) is 0 Å². The van der Waals surface area contributed by atoms with Crippen LogP contribution in [0.25, 0.3) is 0 Å². The maximum Gasteiger partial charge on any atom is 3.00 e. The third kappa shape index (κ3) is 9.70. The van der Waals surface area contributed by atoms with Gasteiger partial charge in [0.2, 0.25) is 0 Å². The molecule has 0 bridgehead atoms. The molecule has 8 heavy (non-hydrogen) atoms.